The number of carboxylic acid groups (broad SMARTS) is 1. The highest BCUT2D eigenvalue weighted by atomic mass is 16.5. The number of ether oxygens (including phenoxy) is 1. The lowest BCUT2D eigenvalue weighted by Gasteiger charge is -2.20. The summed E-state index contributed by atoms with van der Waals surface area (Å²) in [6, 6.07) is 5.37. The van der Waals surface area contributed by atoms with Gasteiger partial charge in [-0.3, -0.25) is 0 Å². The van der Waals surface area contributed by atoms with Crippen molar-refractivity contribution in [2.45, 2.75) is 51.5 Å². The Morgan fingerprint density at radius 1 is 1.33 bits per heavy atom. The van der Waals surface area contributed by atoms with Crippen LogP contribution in [0, 0.1) is 5.92 Å². The smallest absolute Gasteiger partial charge is 0.335 e. The van der Waals surface area contributed by atoms with Gasteiger partial charge in [0.15, 0.2) is 0 Å². The van der Waals surface area contributed by atoms with E-state index in [1.807, 2.05) is 0 Å². The van der Waals surface area contributed by atoms with Crippen LogP contribution in [0.5, 0.6) is 5.75 Å². The van der Waals surface area contributed by atoms with E-state index in [1.165, 1.54) is 25.7 Å². The third-order valence-electron chi connectivity index (χ3n) is 4.47. The molecular formula is C17H25NO3. The lowest BCUT2D eigenvalue weighted by molar-refractivity contribution is 0.0697. The summed E-state index contributed by atoms with van der Waals surface area (Å²) in [5.41, 5.74) is 1.08. The molecule has 1 aromatic rings. The van der Waals surface area contributed by atoms with E-state index in [1.54, 1.807) is 25.3 Å². The summed E-state index contributed by atoms with van der Waals surface area (Å²) in [6.07, 6.45) is 7.31. The zero-order valence-corrected chi connectivity index (χ0v) is 12.9. The van der Waals surface area contributed by atoms with E-state index < -0.39 is 5.97 Å². The minimum Gasteiger partial charge on any atom is -0.495 e. The van der Waals surface area contributed by atoms with Gasteiger partial charge >= 0.3 is 5.97 Å². The fourth-order valence-electron chi connectivity index (χ4n) is 3.10. The zero-order valence-electron chi connectivity index (χ0n) is 12.9. The average molecular weight is 291 g/mol. The number of hydrogen-bond donors (Lipinski definition) is 2. The number of carbonyl (C=O) groups is 1. The van der Waals surface area contributed by atoms with Gasteiger partial charge in [0.25, 0.3) is 0 Å². The molecule has 21 heavy (non-hydrogen) atoms. The molecule has 2 atom stereocenters. The molecule has 0 spiro atoms. The van der Waals surface area contributed by atoms with E-state index in [4.69, 9.17) is 9.84 Å². The van der Waals surface area contributed by atoms with Crippen molar-refractivity contribution in [1.29, 1.82) is 0 Å². The van der Waals surface area contributed by atoms with Gasteiger partial charge < -0.3 is 15.2 Å². The van der Waals surface area contributed by atoms with E-state index >= 15 is 0 Å². The maximum atomic E-state index is 11.1. The molecule has 0 aliphatic heterocycles. The van der Waals surface area contributed by atoms with Crippen molar-refractivity contribution in [2.75, 3.05) is 12.4 Å². The van der Waals surface area contributed by atoms with Crippen LogP contribution in [0.3, 0.4) is 0 Å². The van der Waals surface area contributed by atoms with Gasteiger partial charge in [-0.25, -0.2) is 4.79 Å². The Morgan fingerprint density at radius 3 is 2.81 bits per heavy atom. The van der Waals surface area contributed by atoms with Crippen molar-refractivity contribution in [3.63, 3.8) is 0 Å². The quantitative estimate of drug-likeness (QED) is 0.800. The molecule has 116 valence electrons. The Morgan fingerprint density at radius 2 is 2.14 bits per heavy atom. The Balaban J connectivity index is 2.10. The molecule has 2 N–H and O–H groups in total. The number of hydrogen-bond acceptors (Lipinski definition) is 3. The molecule has 1 aliphatic carbocycles. The number of carboxylic acids is 1. The molecule has 0 bridgehead atoms. The van der Waals surface area contributed by atoms with Crippen LogP contribution in [0.4, 0.5) is 5.69 Å². The van der Waals surface area contributed by atoms with Gasteiger partial charge in [0.1, 0.15) is 5.75 Å². The van der Waals surface area contributed by atoms with Crippen molar-refractivity contribution in [3.05, 3.63) is 23.8 Å². The van der Waals surface area contributed by atoms with Crippen molar-refractivity contribution >= 4 is 11.7 Å². The van der Waals surface area contributed by atoms with E-state index in [2.05, 4.69) is 12.2 Å². The van der Waals surface area contributed by atoms with E-state index in [-0.39, 0.29) is 0 Å². The number of rotatable bonds is 5. The van der Waals surface area contributed by atoms with E-state index in [0.29, 0.717) is 17.4 Å². The van der Waals surface area contributed by atoms with Crippen LogP contribution in [-0.2, 0) is 0 Å². The second-order valence-electron chi connectivity index (χ2n) is 5.84. The van der Waals surface area contributed by atoms with Crippen LogP contribution >= 0.6 is 0 Å². The first-order valence-corrected chi connectivity index (χ1v) is 7.82. The normalized spacial score (nSPS) is 22.4. The predicted molar refractivity (Wildman–Crippen MR) is 84.2 cm³/mol. The molecular weight excluding hydrogens is 266 g/mol. The Kier molecular flexibility index (Phi) is 5.48. The number of methoxy groups -OCH3 is 1. The van der Waals surface area contributed by atoms with Gasteiger partial charge in [-0.15, -0.1) is 0 Å². The van der Waals surface area contributed by atoms with Crippen LogP contribution in [0.2, 0.25) is 0 Å². The van der Waals surface area contributed by atoms with Crippen molar-refractivity contribution in [3.8, 4) is 5.75 Å². The number of benzene rings is 1. The van der Waals surface area contributed by atoms with Gasteiger partial charge in [-0.2, -0.15) is 0 Å². The topological polar surface area (TPSA) is 58.6 Å². The molecule has 0 heterocycles. The molecule has 1 saturated carbocycles. The molecule has 1 aromatic carbocycles. The lowest BCUT2D eigenvalue weighted by Crippen LogP contribution is -2.19. The summed E-state index contributed by atoms with van der Waals surface area (Å²) in [5.74, 6) is 0.632. The zero-order chi connectivity index (χ0) is 15.2. The maximum absolute atomic E-state index is 11.1. The number of aromatic carboxylic acids is 1. The Labute approximate surface area is 126 Å². The summed E-state index contributed by atoms with van der Waals surface area (Å²) in [4.78, 5) is 11.1. The molecule has 1 fully saturated rings. The van der Waals surface area contributed by atoms with Crippen molar-refractivity contribution in [1.82, 2.24) is 0 Å². The summed E-state index contributed by atoms with van der Waals surface area (Å²) < 4.78 is 5.34. The van der Waals surface area contributed by atoms with E-state index in [9.17, 15) is 4.79 Å². The second kappa shape index (κ2) is 7.34. The summed E-state index contributed by atoms with van der Waals surface area (Å²) in [5, 5.41) is 12.6. The highest BCUT2D eigenvalue weighted by molar-refractivity contribution is 5.89. The standard InChI is InChI=1S/C17H25NO3/c1-3-12-5-4-6-14(9-7-12)18-15-11-13(17(19)20)8-10-16(15)21-2/h8,10-12,14,18H,3-7,9H2,1-2H3,(H,19,20). The van der Waals surface area contributed by atoms with E-state index in [0.717, 1.165) is 24.4 Å². The molecule has 0 radical (unpaired) electrons. The van der Waals surface area contributed by atoms with Crippen LogP contribution in [0.1, 0.15) is 55.8 Å². The fourth-order valence-corrected chi connectivity index (χ4v) is 3.10. The molecule has 0 amide bonds. The first kappa shape index (κ1) is 15.7. The highest BCUT2D eigenvalue weighted by Crippen LogP contribution is 2.31. The fraction of sp³-hybridized carbons (Fsp3) is 0.588. The minimum atomic E-state index is -0.910. The summed E-state index contributed by atoms with van der Waals surface area (Å²) in [6.45, 7) is 2.26. The van der Waals surface area contributed by atoms with Crippen molar-refractivity contribution in [2.24, 2.45) is 5.92 Å². The van der Waals surface area contributed by atoms with Crippen LogP contribution in [0.25, 0.3) is 0 Å². The third-order valence-corrected chi connectivity index (χ3v) is 4.47. The largest absolute Gasteiger partial charge is 0.495 e. The average Bonchev–Trinajstić information content (AvgIpc) is 2.72. The van der Waals surface area contributed by atoms with Gasteiger partial charge in [-0.05, 0) is 43.4 Å². The lowest BCUT2D eigenvalue weighted by atomic mass is 9.98. The first-order valence-electron chi connectivity index (χ1n) is 7.82. The second-order valence-corrected chi connectivity index (χ2v) is 5.84. The Bertz CT molecular complexity index is 487. The van der Waals surface area contributed by atoms with Gasteiger partial charge in [0, 0.05) is 6.04 Å². The highest BCUT2D eigenvalue weighted by Gasteiger charge is 2.19. The molecule has 2 unspecified atom stereocenters. The SMILES string of the molecule is CCC1CCCC(Nc2cc(C(=O)O)ccc2OC)CC1. The third kappa shape index (κ3) is 4.13. The Hall–Kier alpha value is -1.71. The molecule has 2 rings (SSSR count). The van der Waals surface area contributed by atoms with Crippen LogP contribution < -0.4 is 10.1 Å². The maximum Gasteiger partial charge on any atom is 0.335 e. The number of nitrogens with one attached hydrogen (secondary N) is 1. The molecule has 0 aromatic heterocycles. The minimum absolute atomic E-state index is 0.290. The number of anilines is 1. The van der Waals surface area contributed by atoms with Crippen LogP contribution in [0.15, 0.2) is 18.2 Å². The summed E-state index contributed by atoms with van der Waals surface area (Å²) >= 11 is 0. The molecule has 0 saturated heterocycles. The summed E-state index contributed by atoms with van der Waals surface area (Å²) in [7, 11) is 1.61. The van der Waals surface area contributed by atoms with Crippen molar-refractivity contribution < 1.29 is 14.6 Å². The van der Waals surface area contributed by atoms with Gasteiger partial charge in [0.05, 0.1) is 18.4 Å². The molecule has 4 nitrogen and oxygen atoms in total. The van der Waals surface area contributed by atoms with Crippen LogP contribution in [-0.4, -0.2) is 24.2 Å². The molecule has 4 heteroatoms. The molecule has 1 aliphatic rings. The van der Waals surface area contributed by atoms with Gasteiger partial charge in [0.2, 0.25) is 0 Å². The predicted octanol–water partition coefficient (Wildman–Crippen LogP) is 4.16. The first-order chi connectivity index (χ1) is 10.1. The monoisotopic (exact) mass is 291 g/mol. The van der Waals surface area contributed by atoms with Gasteiger partial charge in [-0.1, -0.05) is 26.2 Å².